The van der Waals surface area contributed by atoms with Crippen LogP contribution in [0.25, 0.3) is 0 Å². The summed E-state index contributed by atoms with van der Waals surface area (Å²) in [7, 11) is 1.59. The van der Waals surface area contributed by atoms with Crippen molar-refractivity contribution >= 4 is 17.3 Å². The molecule has 0 saturated carbocycles. The Balaban J connectivity index is 1.51. The molecule has 6 heteroatoms. The van der Waals surface area contributed by atoms with Crippen molar-refractivity contribution in [1.82, 2.24) is 10.3 Å². The summed E-state index contributed by atoms with van der Waals surface area (Å²) in [4.78, 5) is 16.1. The Bertz CT molecular complexity index is 866. The molecule has 0 aliphatic heterocycles. The fourth-order valence-electron chi connectivity index (χ4n) is 2.50. The Hall–Kier alpha value is -3.38. The summed E-state index contributed by atoms with van der Waals surface area (Å²) >= 11 is 0. The van der Waals surface area contributed by atoms with Gasteiger partial charge in [0.2, 0.25) is 0 Å². The average Bonchev–Trinajstić information content (AvgIpc) is 2.75. The zero-order valence-corrected chi connectivity index (χ0v) is 15.7. The van der Waals surface area contributed by atoms with Crippen molar-refractivity contribution in [2.24, 2.45) is 0 Å². The average molecular weight is 377 g/mol. The Morgan fingerprint density at radius 1 is 0.964 bits per heavy atom. The summed E-state index contributed by atoms with van der Waals surface area (Å²) < 4.78 is 10.7. The lowest BCUT2D eigenvalue weighted by Crippen LogP contribution is -2.27. The molecule has 0 aliphatic carbocycles. The van der Waals surface area contributed by atoms with Gasteiger partial charge in [-0.25, -0.2) is 4.98 Å². The third kappa shape index (κ3) is 5.82. The predicted octanol–water partition coefficient (Wildman–Crippen LogP) is 3.78. The smallest absolute Gasteiger partial charge is 0.269 e. The van der Waals surface area contributed by atoms with Gasteiger partial charge >= 0.3 is 0 Å². The largest absolute Gasteiger partial charge is 0.489 e. The Morgan fingerprint density at radius 2 is 1.71 bits per heavy atom. The highest BCUT2D eigenvalue weighted by Crippen LogP contribution is 2.20. The minimum Gasteiger partial charge on any atom is -0.489 e. The Kier molecular flexibility index (Phi) is 6.98. The Labute approximate surface area is 164 Å². The molecule has 0 unspecified atom stereocenters. The molecule has 2 aromatic carbocycles. The van der Waals surface area contributed by atoms with E-state index in [9.17, 15) is 4.79 Å². The van der Waals surface area contributed by atoms with Crippen LogP contribution in [0.1, 0.15) is 16.1 Å². The van der Waals surface area contributed by atoms with Crippen molar-refractivity contribution < 1.29 is 14.3 Å². The first kappa shape index (κ1) is 19.4. The van der Waals surface area contributed by atoms with Gasteiger partial charge in [0, 0.05) is 19.3 Å². The number of methoxy groups -OCH3 is 1. The second kappa shape index (κ2) is 10.1. The SMILES string of the molecule is COCCNC(=O)c1ccc(Nc2ccc(OCc3ccccc3)cc2)cn1. The maximum absolute atomic E-state index is 11.9. The molecular weight excluding hydrogens is 354 g/mol. The molecule has 2 N–H and O–H groups in total. The summed E-state index contributed by atoms with van der Waals surface area (Å²) in [5, 5.41) is 5.99. The van der Waals surface area contributed by atoms with Gasteiger partial charge in [-0.1, -0.05) is 30.3 Å². The molecule has 1 amide bonds. The normalized spacial score (nSPS) is 10.3. The fourth-order valence-corrected chi connectivity index (χ4v) is 2.50. The summed E-state index contributed by atoms with van der Waals surface area (Å²) in [6, 6.07) is 21.2. The number of pyridine rings is 1. The number of nitrogens with one attached hydrogen (secondary N) is 2. The quantitative estimate of drug-likeness (QED) is 0.555. The van der Waals surface area contributed by atoms with Crippen LogP contribution in [0, 0.1) is 0 Å². The monoisotopic (exact) mass is 377 g/mol. The van der Waals surface area contributed by atoms with E-state index in [1.165, 1.54) is 0 Å². The maximum Gasteiger partial charge on any atom is 0.269 e. The number of nitrogens with zero attached hydrogens (tertiary/aromatic N) is 1. The van der Waals surface area contributed by atoms with Crippen molar-refractivity contribution in [3.8, 4) is 5.75 Å². The van der Waals surface area contributed by atoms with Gasteiger partial charge in [0.05, 0.1) is 18.5 Å². The molecule has 28 heavy (non-hydrogen) atoms. The minimum absolute atomic E-state index is 0.219. The van der Waals surface area contributed by atoms with E-state index >= 15 is 0 Å². The first-order valence-corrected chi connectivity index (χ1v) is 9.01. The number of rotatable bonds is 9. The highest BCUT2D eigenvalue weighted by Gasteiger charge is 2.06. The van der Waals surface area contributed by atoms with E-state index in [1.54, 1.807) is 19.4 Å². The van der Waals surface area contributed by atoms with Gasteiger partial charge in [-0.15, -0.1) is 0 Å². The molecule has 6 nitrogen and oxygen atoms in total. The number of hydrogen-bond donors (Lipinski definition) is 2. The van der Waals surface area contributed by atoms with E-state index in [2.05, 4.69) is 15.6 Å². The van der Waals surface area contributed by atoms with E-state index in [0.717, 1.165) is 22.7 Å². The molecule has 0 radical (unpaired) electrons. The molecule has 3 aromatic rings. The summed E-state index contributed by atoms with van der Waals surface area (Å²) in [5.74, 6) is 0.583. The van der Waals surface area contributed by atoms with Gasteiger partial charge in [0.1, 0.15) is 18.1 Å². The van der Waals surface area contributed by atoms with Gasteiger partial charge in [-0.2, -0.15) is 0 Å². The number of anilines is 2. The van der Waals surface area contributed by atoms with Gasteiger partial charge in [0.25, 0.3) is 5.91 Å². The fraction of sp³-hybridized carbons (Fsp3) is 0.182. The zero-order chi connectivity index (χ0) is 19.6. The molecule has 3 rings (SSSR count). The molecule has 144 valence electrons. The highest BCUT2D eigenvalue weighted by atomic mass is 16.5. The molecule has 0 saturated heterocycles. The third-order valence-corrected chi connectivity index (χ3v) is 3.98. The van der Waals surface area contributed by atoms with Crippen LogP contribution in [-0.4, -0.2) is 31.2 Å². The molecule has 0 aliphatic rings. The number of hydrogen-bond acceptors (Lipinski definition) is 5. The molecule has 0 atom stereocenters. The second-order valence-corrected chi connectivity index (χ2v) is 6.10. The van der Waals surface area contributed by atoms with Crippen molar-refractivity contribution in [3.05, 3.63) is 84.2 Å². The lowest BCUT2D eigenvalue weighted by Gasteiger charge is -2.09. The molecule has 1 heterocycles. The Morgan fingerprint density at radius 3 is 2.39 bits per heavy atom. The van der Waals surface area contributed by atoms with Crippen LogP contribution in [0.2, 0.25) is 0 Å². The standard InChI is InChI=1S/C22H23N3O3/c1-27-14-13-23-22(26)21-12-9-19(15-24-21)25-18-7-10-20(11-8-18)28-16-17-5-3-2-4-6-17/h2-12,15,25H,13-14,16H2,1H3,(H,23,26). The van der Waals surface area contributed by atoms with Crippen LogP contribution >= 0.6 is 0 Å². The molecule has 0 fully saturated rings. The number of ether oxygens (including phenoxy) is 2. The van der Waals surface area contributed by atoms with E-state index < -0.39 is 0 Å². The lowest BCUT2D eigenvalue weighted by atomic mass is 10.2. The first-order chi connectivity index (χ1) is 13.7. The van der Waals surface area contributed by atoms with E-state index in [4.69, 9.17) is 9.47 Å². The predicted molar refractivity (Wildman–Crippen MR) is 109 cm³/mol. The number of benzene rings is 2. The molecule has 0 bridgehead atoms. The maximum atomic E-state index is 11.9. The van der Waals surface area contributed by atoms with Crippen LogP contribution in [0.5, 0.6) is 5.75 Å². The molecule has 0 spiro atoms. The van der Waals surface area contributed by atoms with Crippen LogP contribution in [-0.2, 0) is 11.3 Å². The van der Waals surface area contributed by atoms with E-state index in [-0.39, 0.29) is 5.91 Å². The first-order valence-electron chi connectivity index (χ1n) is 9.01. The van der Waals surface area contributed by atoms with Gasteiger partial charge in [0.15, 0.2) is 0 Å². The number of aromatic nitrogens is 1. The van der Waals surface area contributed by atoms with Crippen LogP contribution in [0.15, 0.2) is 72.9 Å². The second-order valence-electron chi connectivity index (χ2n) is 6.10. The minimum atomic E-state index is -0.219. The number of carbonyl (C=O) groups is 1. The van der Waals surface area contributed by atoms with Crippen LogP contribution in [0.3, 0.4) is 0 Å². The summed E-state index contributed by atoms with van der Waals surface area (Å²) in [6.07, 6.45) is 1.63. The highest BCUT2D eigenvalue weighted by molar-refractivity contribution is 5.92. The number of amides is 1. The summed E-state index contributed by atoms with van der Waals surface area (Å²) in [6.45, 7) is 1.46. The van der Waals surface area contributed by atoms with Crippen molar-refractivity contribution in [2.75, 3.05) is 25.6 Å². The van der Waals surface area contributed by atoms with Gasteiger partial charge in [-0.3, -0.25) is 4.79 Å². The van der Waals surface area contributed by atoms with Crippen LogP contribution < -0.4 is 15.4 Å². The van der Waals surface area contributed by atoms with Gasteiger partial charge < -0.3 is 20.1 Å². The van der Waals surface area contributed by atoms with Crippen LogP contribution in [0.4, 0.5) is 11.4 Å². The molecule has 1 aromatic heterocycles. The zero-order valence-electron chi connectivity index (χ0n) is 15.7. The van der Waals surface area contributed by atoms with E-state index in [1.807, 2.05) is 60.7 Å². The van der Waals surface area contributed by atoms with Gasteiger partial charge in [-0.05, 0) is 42.0 Å². The lowest BCUT2D eigenvalue weighted by molar-refractivity contribution is 0.0932. The third-order valence-electron chi connectivity index (χ3n) is 3.98. The summed E-state index contributed by atoms with van der Waals surface area (Å²) in [5.41, 5.74) is 3.20. The number of carbonyl (C=O) groups excluding carboxylic acids is 1. The van der Waals surface area contributed by atoms with Crippen molar-refractivity contribution in [2.45, 2.75) is 6.61 Å². The molecular formula is C22H23N3O3. The van der Waals surface area contributed by atoms with E-state index in [0.29, 0.717) is 25.5 Å². The van der Waals surface area contributed by atoms with Crippen molar-refractivity contribution in [3.63, 3.8) is 0 Å². The topological polar surface area (TPSA) is 72.5 Å². The van der Waals surface area contributed by atoms with Crippen molar-refractivity contribution in [1.29, 1.82) is 0 Å².